The number of hydrogen-bond donors (Lipinski definition) is 1. The highest BCUT2D eigenvalue weighted by Gasteiger charge is 2.22. The normalized spacial score (nSPS) is 14.9. The summed E-state index contributed by atoms with van der Waals surface area (Å²) in [5.74, 6) is 0.994. The molecular weight excluding hydrogens is 383 g/mol. The van der Waals surface area contributed by atoms with Crippen molar-refractivity contribution < 1.29 is 4.39 Å². The van der Waals surface area contributed by atoms with Crippen molar-refractivity contribution in [1.82, 2.24) is 29.5 Å². The summed E-state index contributed by atoms with van der Waals surface area (Å²) < 4.78 is 15.9. The van der Waals surface area contributed by atoms with E-state index in [1.807, 2.05) is 31.3 Å². The van der Waals surface area contributed by atoms with Crippen LogP contribution in [0.4, 0.5) is 16.2 Å². The van der Waals surface area contributed by atoms with Gasteiger partial charge in [-0.15, -0.1) is 5.10 Å². The maximum absolute atomic E-state index is 14.2. The molecule has 0 spiro atoms. The molecule has 0 atom stereocenters. The van der Waals surface area contributed by atoms with E-state index in [4.69, 9.17) is 0 Å². The Bertz CT molecular complexity index is 1180. The van der Waals surface area contributed by atoms with E-state index in [1.165, 1.54) is 6.20 Å². The second kappa shape index (κ2) is 7.66. The van der Waals surface area contributed by atoms with Gasteiger partial charge in [0.05, 0.1) is 0 Å². The lowest BCUT2D eigenvalue weighted by molar-refractivity contribution is 0.520. The van der Waals surface area contributed by atoms with Crippen molar-refractivity contribution in [2.45, 2.75) is 25.8 Å². The molecule has 1 aliphatic heterocycles. The molecule has 1 N–H and O–H groups in total. The molecule has 0 aliphatic carbocycles. The van der Waals surface area contributed by atoms with Gasteiger partial charge in [0.2, 0.25) is 11.9 Å². The van der Waals surface area contributed by atoms with Crippen LogP contribution >= 0.6 is 0 Å². The minimum atomic E-state index is -0.518. The van der Waals surface area contributed by atoms with Gasteiger partial charge in [-0.2, -0.15) is 9.37 Å². The highest BCUT2D eigenvalue weighted by molar-refractivity contribution is 5.77. The minimum absolute atomic E-state index is 0.264. The van der Waals surface area contributed by atoms with Gasteiger partial charge >= 0.3 is 0 Å². The summed E-state index contributed by atoms with van der Waals surface area (Å²) in [5.41, 5.74) is 2.64. The SMILES string of the molecule is Cc1cc(N2CCC(Nc3nc4c(-c5cccnc5F)cccn4n3)CC2)ncn1. The average Bonchev–Trinajstić information content (AvgIpc) is 3.17. The van der Waals surface area contributed by atoms with Gasteiger partial charge in [-0.1, -0.05) is 0 Å². The fourth-order valence-corrected chi connectivity index (χ4v) is 3.81. The second-order valence-electron chi connectivity index (χ2n) is 7.39. The summed E-state index contributed by atoms with van der Waals surface area (Å²) in [6.45, 7) is 3.77. The maximum atomic E-state index is 14.2. The molecule has 152 valence electrons. The van der Waals surface area contributed by atoms with Crippen LogP contribution in [0.3, 0.4) is 0 Å². The molecule has 0 unspecified atom stereocenters. The van der Waals surface area contributed by atoms with Gasteiger partial charge in [0.15, 0.2) is 5.65 Å². The van der Waals surface area contributed by atoms with Gasteiger partial charge in [0.25, 0.3) is 0 Å². The van der Waals surface area contributed by atoms with E-state index in [0.717, 1.165) is 37.4 Å². The summed E-state index contributed by atoms with van der Waals surface area (Å²) in [6, 6.07) is 9.34. The van der Waals surface area contributed by atoms with Gasteiger partial charge in [0.1, 0.15) is 12.1 Å². The molecule has 0 saturated carbocycles. The first-order chi connectivity index (χ1) is 14.7. The lowest BCUT2D eigenvalue weighted by atomic mass is 10.1. The zero-order valence-corrected chi connectivity index (χ0v) is 16.5. The number of aromatic nitrogens is 6. The van der Waals surface area contributed by atoms with Crippen LogP contribution in [0.2, 0.25) is 0 Å². The van der Waals surface area contributed by atoms with Crippen molar-refractivity contribution in [3.8, 4) is 11.1 Å². The highest BCUT2D eigenvalue weighted by atomic mass is 19.1. The van der Waals surface area contributed by atoms with Crippen LogP contribution in [-0.2, 0) is 0 Å². The van der Waals surface area contributed by atoms with Crippen molar-refractivity contribution in [3.05, 3.63) is 60.7 Å². The highest BCUT2D eigenvalue weighted by Crippen LogP contribution is 2.26. The first-order valence-electron chi connectivity index (χ1n) is 9.94. The van der Waals surface area contributed by atoms with E-state index in [1.54, 1.807) is 23.0 Å². The second-order valence-corrected chi connectivity index (χ2v) is 7.39. The first-order valence-corrected chi connectivity index (χ1v) is 9.94. The third kappa shape index (κ3) is 3.54. The molecule has 8 nitrogen and oxygen atoms in total. The summed E-state index contributed by atoms with van der Waals surface area (Å²) in [6.07, 6.45) is 6.75. The Morgan fingerprint density at radius 3 is 2.70 bits per heavy atom. The third-order valence-corrected chi connectivity index (χ3v) is 5.35. The molecule has 9 heteroatoms. The topological polar surface area (TPSA) is 84.1 Å². The molecular formula is C21H21FN8. The van der Waals surface area contributed by atoms with Crippen molar-refractivity contribution in [2.24, 2.45) is 0 Å². The Hall–Kier alpha value is -3.62. The van der Waals surface area contributed by atoms with Crippen molar-refractivity contribution >= 4 is 17.4 Å². The number of hydrogen-bond acceptors (Lipinski definition) is 7. The molecule has 0 aromatic carbocycles. The lowest BCUT2D eigenvalue weighted by Crippen LogP contribution is -2.39. The molecule has 5 heterocycles. The Morgan fingerprint density at radius 1 is 1.07 bits per heavy atom. The standard InChI is InChI=1S/C21H21FN8/c1-14-12-18(25-13-24-14)29-10-6-15(7-11-29)26-21-27-20-17(5-3-9-30(20)28-21)16-4-2-8-23-19(16)22/h2-5,8-9,12-13,15H,6-7,10-11H2,1H3,(H,26,28). The predicted octanol–water partition coefficient (Wildman–Crippen LogP) is 3.11. The van der Waals surface area contributed by atoms with E-state index >= 15 is 0 Å². The molecule has 4 aromatic heterocycles. The van der Waals surface area contributed by atoms with Crippen LogP contribution in [-0.4, -0.2) is 48.7 Å². The molecule has 4 aromatic rings. The van der Waals surface area contributed by atoms with E-state index in [2.05, 4.69) is 35.3 Å². The lowest BCUT2D eigenvalue weighted by Gasteiger charge is -2.32. The Balaban J connectivity index is 1.32. The number of anilines is 2. The summed E-state index contributed by atoms with van der Waals surface area (Å²) in [4.78, 5) is 19.2. The van der Waals surface area contributed by atoms with Gasteiger partial charge in [-0.3, -0.25) is 0 Å². The Kier molecular flexibility index (Phi) is 4.70. The molecule has 0 radical (unpaired) electrons. The number of fused-ring (bicyclic) bond motifs is 1. The van der Waals surface area contributed by atoms with Crippen LogP contribution in [0, 0.1) is 12.9 Å². The maximum Gasteiger partial charge on any atom is 0.243 e. The van der Waals surface area contributed by atoms with Gasteiger partial charge in [-0.25, -0.2) is 19.5 Å². The Morgan fingerprint density at radius 2 is 1.90 bits per heavy atom. The fourth-order valence-electron chi connectivity index (χ4n) is 3.81. The molecule has 0 bridgehead atoms. The van der Waals surface area contributed by atoms with Crippen LogP contribution < -0.4 is 10.2 Å². The number of aryl methyl sites for hydroxylation is 1. The average molecular weight is 404 g/mol. The van der Waals surface area contributed by atoms with Gasteiger partial charge in [-0.05, 0) is 44.0 Å². The smallest absolute Gasteiger partial charge is 0.243 e. The number of piperidine rings is 1. The van der Waals surface area contributed by atoms with E-state index in [9.17, 15) is 4.39 Å². The van der Waals surface area contributed by atoms with Crippen molar-refractivity contribution in [3.63, 3.8) is 0 Å². The summed E-state index contributed by atoms with van der Waals surface area (Å²) in [7, 11) is 0. The van der Waals surface area contributed by atoms with Crippen LogP contribution in [0.15, 0.2) is 49.1 Å². The summed E-state index contributed by atoms with van der Waals surface area (Å²) in [5, 5.41) is 7.96. The first kappa shape index (κ1) is 18.4. The summed E-state index contributed by atoms with van der Waals surface area (Å²) >= 11 is 0. The largest absolute Gasteiger partial charge is 0.356 e. The molecule has 30 heavy (non-hydrogen) atoms. The number of pyridine rings is 2. The Labute approximate surface area is 172 Å². The molecule has 1 aliphatic rings. The van der Waals surface area contributed by atoms with Gasteiger partial charge < -0.3 is 10.2 Å². The van der Waals surface area contributed by atoms with Crippen molar-refractivity contribution in [2.75, 3.05) is 23.3 Å². The number of halogens is 1. The predicted molar refractivity (Wildman–Crippen MR) is 112 cm³/mol. The van der Waals surface area contributed by atoms with E-state index in [0.29, 0.717) is 22.7 Å². The molecule has 0 amide bonds. The third-order valence-electron chi connectivity index (χ3n) is 5.35. The molecule has 5 rings (SSSR count). The zero-order valence-electron chi connectivity index (χ0n) is 16.5. The number of rotatable bonds is 4. The minimum Gasteiger partial charge on any atom is -0.356 e. The van der Waals surface area contributed by atoms with Crippen LogP contribution in [0.1, 0.15) is 18.5 Å². The monoisotopic (exact) mass is 404 g/mol. The van der Waals surface area contributed by atoms with Crippen LogP contribution in [0.25, 0.3) is 16.8 Å². The molecule has 1 saturated heterocycles. The number of nitrogens with one attached hydrogen (secondary N) is 1. The van der Waals surface area contributed by atoms with Crippen molar-refractivity contribution in [1.29, 1.82) is 0 Å². The van der Waals surface area contributed by atoms with Gasteiger partial charge in [0, 0.05) is 54.4 Å². The fraction of sp³-hybridized carbons (Fsp3) is 0.286. The quantitative estimate of drug-likeness (QED) is 0.523. The van der Waals surface area contributed by atoms with Crippen LogP contribution in [0.5, 0.6) is 0 Å². The van der Waals surface area contributed by atoms with E-state index < -0.39 is 5.95 Å². The number of nitrogens with zero attached hydrogens (tertiary/aromatic N) is 7. The molecule has 1 fully saturated rings. The zero-order chi connectivity index (χ0) is 20.5. The van der Waals surface area contributed by atoms with E-state index in [-0.39, 0.29) is 6.04 Å².